The average molecular weight is 279 g/mol. The molecule has 1 aliphatic heterocycles. The highest BCUT2D eigenvalue weighted by molar-refractivity contribution is 7.15. The first-order chi connectivity index (χ1) is 9.22. The maximum atomic E-state index is 4.51. The molecule has 4 heteroatoms. The number of anilines is 1. The molecule has 19 heavy (non-hydrogen) atoms. The monoisotopic (exact) mass is 279 g/mol. The summed E-state index contributed by atoms with van der Waals surface area (Å²) in [6, 6.07) is 0.858. The summed E-state index contributed by atoms with van der Waals surface area (Å²) >= 11 is 1.83. The van der Waals surface area contributed by atoms with Gasteiger partial charge in [0, 0.05) is 43.3 Å². The summed E-state index contributed by atoms with van der Waals surface area (Å²) in [6.07, 6.45) is 7.68. The van der Waals surface area contributed by atoms with Crippen molar-refractivity contribution in [3.63, 3.8) is 0 Å². The van der Waals surface area contributed by atoms with Gasteiger partial charge in [-0.15, -0.1) is 11.3 Å². The predicted octanol–water partition coefficient (Wildman–Crippen LogP) is 3.15. The second-order valence-electron chi connectivity index (χ2n) is 6.19. The van der Waals surface area contributed by atoms with Gasteiger partial charge in [-0.1, -0.05) is 6.92 Å². The maximum Gasteiger partial charge on any atom is 0.185 e. The van der Waals surface area contributed by atoms with E-state index in [-0.39, 0.29) is 0 Å². The lowest BCUT2D eigenvalue weighted by molar-refractivity contribution is 0.133. The molecule has 0 unspecified atom stereocenters. The van der Waals surface area contributed by atoms with Gasteiger partial charge >= 0.3 is 0 Å². The molecular formula is C15H25N3S. The molecule has 0 spiro atoms. The van der Waals surface area contributed by atoms with Crippen LogP contribution in [0.2, 0.25) is 0 Å². The second kappa shape index (κ2) is 5.80. The Morgan fingerprint density at radius 2 is 1.79 bits per heavy atom. The fourth-order valence-corrected chi connectivity index (χ4v) is 4.19. The lowest BCUT2D eigenvalue weighted by Gasteiger charge is -2.41. The Morgan fingerprint density at radius 3 is 2.37 bits per heavy atom. The van der Waals surface area contributed by atoms with Crippen molar-refractivity contribution in [2.45, 2.75) is 45.6 Å². The number of aryl methyl sites for hydroxylation is 1. The molecule has 1 aliphatic carbocycles. The molecule has 2 fully saturated rings. The Morgan fingerprint density at radius 1 is 1.11 bits per heavy atom. The van der Waals surface area contributed by atoms with Crippen molar-refractivity contribution in [2.75, 3.05) is 31.1 Å². The van der Waals surface area contributed by atoms with E-state index in [4.69, 9.17) is 0 Å². The van der Waals surface area contributed by atoms with Gasteiger partial charge in [0.15, 0.2) is 5.13 Å². The van der Waals surface area contributed by atoms with Crippen molar-refractivity contribution in [1.29, 1.82) is 0 Å². The zero-order chi connectivity index (χ0) is 13.2. The van der Waals surface area contributed by atoms with Gasteiger partial charge in [-0.3, -0.25) is 4.90 Å². The summed E-state index contributed by atoms with van der Waals surface area (Å²) in [5, 5.41) is 1.22. The lowest BCUT2D eigenvalue weighted by Crippen LogP contribution is -2.51. The molecule has 0 bridgehead atoms. The second-order valence-corrected chi connectivity index (χ2v) is 7.40. The molecule has 3 nitrogen and oxygen atoms in total. The molecule has 1 saturated carbocycles. The zero-order valence-corrected chi connectivity index (χ0v) is 13.0. The van der Waals surface area contributed by atoms with Crippen LogP contribution in [0.4, 0.5) is 5.13 Å². The number of thiazole rings is 1. The van der Waals surface area contributed by atoms with E-state index in [9.17, 15) is 0 Å². The molecule has 0 amide bonds. The number of rotatable bonds is 2. The molecular weight excluding hydrogens is 254 g/mol. The predicted molar refractivity (Wildman–Crippen MR) is 82.1 cm³/mol. The minimum absolute atomic E-state index is 0.858. The highest BCUT2D eigenvalue weighted by Crippen LogP contribution is 2.29. The highest BCUT2D eigenvalue weighted by Gasteiger charge is 2.27. The number of hydrogen-bond donors (Lipinski definition) is 0. The van der Waals surface area contributed by atoms with Crippen molar-refractivity contribution in [1.82, 2.24) is 9.88 Å². The minimum Gasteiger partial charge on any atom is -0.346 e. The fourth-order valence-electron chi connectivity index (χ4n) is 3.38. The third-order valence-electron chi connectivity index (χ3n) is 4.70. The summed E-state index contributed by atoms with van der Waals surface area (Å²) in [7, 11) is 0. The maximum absolute atomic E-state index is 4.51. The average Bonchev–Trinajstić information content (AvgIpc) is 2.87. The van der Waals surface area contributed by atoms with Crippen LogP contribution in [0.3, 0.4) is 0 Å². The van der Waals surface area contributed by atoms with Crippen molar-refractivity contribution in [3.05, 3.63) is 11.1 Å². The van der Waals surface area contributed by atoms with Gasteiger partial charge in [0.1, 0.15) is 0 Å². The highest BCUT2D eigenvalue weighted by atomic mass is 32.1. The van der Waals surface area contributed by atoms with E-state index in [0.717, 1.165) is 25.0 Å². The van der Waals surface area contributed by atoms with Gasteiger partial charge in [-0.2, -0.15) is 0 Å². The number of aromatic nitrogens is 1. The summed E-state index contributed by atoms with van der Waals surface area (Å²) in [5.74, 6) is 0.954. The van der Waals surface area contributed by atoms with E-state index in [0.29, 0.717) is 0 Å². The van der Waals surface area contributed by atoms with Crippen LogP contribution in [0, 0.1) is 12.8 Å². The first kappa shape index (κ1) is 13.4. The summed E-state index contributed by atoms with van der Waals surface area (Å²) in [5.41, 5.74) is 0. The van der Waals surface area contributed by atoms with Gasteiger partial charge in [0.2, 0.25) is 0 Å². The Balaban J connectivity index is 1.52. The molecule has 0 aromatic carbocycles. The van der Waals surface area contributed by atoms with Gasteiger partial charge < -0.3 is 4.90 Å². The zero-order valence-electron chi connectivity index (χ0n) is 12.1. The van der Waals surface area contributed by atoms with Gasteiger partial charge in [-0.25, -0.2) is 4.98 Å². The van der Waals surface area contributed by atoms with Gasteiger partial charge in [-0.05, 0) is 38.5 Å². The third kappa shape index (κ3) is 3.11. The first-order valence-electron chi connectivity index (χ1n) is 7.64. The Bertz CT molecular complexity index is 401. The normalized spacial score (nSPS) is 29.7. The molecule has 1 aromatic heterocycles. The molecule has 2 aliphatic rings. The molecule has 0 radical (unpaired) electrons. The van der Waals surface area contributed by atoms with Crippen LogP contribution in [0.1, 0.15) is 37.5 Å². The molecule has 0 N–H and O–H groups in total. The fraction of sp³-hybridized carbons (Fsp3) is 0.800. The quantitative estimate of drug-likeness (QED) is 0.829. The Labute approximate surface area is 120 Å². The van der Waals surface area contributed by atoms with Crippen LogP contribution in [-0.2, 0) is 0 Å². The molecule has 0 atom stereocenters. The lowest BCUT2D eigenvalue weighted by atomic mass is 9.86. The molecule has 106 valence electrons. The topological polar surface area (TPSA) is 19.4 Å². The molecule has 1 aromatic rings. The van der Waals surface area contributed by atoms with Crippen molar-refractivity contribution < 1.29 is 0 Å². The summed E-state index contributed by atoms with van der Waals surface area (Å²) in [6.45, 7) is 9.28. The molecule has 2 heterocycles. The SMILES string of the molecule is Cc1cnc(N2CCN(C3CCC(C)CC3)CC2)s1. The van der Waals surface area contributed by atoms with Crippen LogP contribution in [-0.4, -0.2) is 42.1 Å². The largest absolute Gasteiger partial charge is 0.346 e. The van der Waals surface area contributed by atoms with E-state index in [1.807, 2.05) is 17.5 Å². The van der Waals surface area contributed by atoms with E-state index in [1.54, 1.807) is 0 Å². The van der Waals surface area contributed by atoms with E-state index >= 15 is 0 Å². The van der Waals surface area contributed by atoms with Crippen LogP contribution in [0.15, 0.2) is 6.20 Å². The van der Waals surface area contributed by atoms with Crippen molar-refractivity contribution in [3.8, 4) is 0 Å². The van der Waals surface area contributed by atoms with Gasteiger partial charge in [0.25, 0.3) is 0 Å². The third-order valence-corrected chi connectivity index (χ3v) is 5.67. The Hall–Kier alpha value is -0.610. The van der Waals surface area contributed by atoms with Crippen LogP contribution in [0.5, 0.6) is 0 Å². The summed E-state index contributed by atoms with van der Waals surface area (Å²) in [4.78, 5) is 11.0. The molecule has 1 saturated heterocycles. The summed E-state index contributed by atoms with van der Waals surface area (Å²) < 4.78 is 0. The van der Waals surface area contributed by atoms with E-state index < -0.39 is 0 Å². The van der Waals surface area contributed by atoms with Crippen molar-refractivity contribution >= 4 is 16.5 Å². The van der Waals surface area contributed by atoms with Crippen LogP contribution >= 0.6 is 11.3 Å². The number of nitrogens with zero attached hydrogens (tertiary/aromatic N) is 3. The standard InChI is InChI=1S/C15H25N3S/c1-12-3-5-14(6-4-12)17-7-9-18(10-8-17)15-16-11-13(2)19-15/h11-12,14H,3-10H2,1-2H3. The number of hydrogen-bond acceptors (Lipinski definition) is 4. The van der Waals surface area contributed by atoms with E-state index in [2.05, 4.69) is 28.6 Å². The van der Waals surface area contributed by atoms with Crippen LogP contribution < -0.4 is 4.90 Å². The minimum atomic E-state index is 0.858. The first-order valence-corrected chi connectivity index (χ1v) is 8.45. The van der Waals surface area contributed by atoms with Crippen molar-refractivity contribution in [2.24, 2.45) is 5.92 Å². The molecule has 3 rings (SSSR count). The van der Waals surface area contributed by atoms with Crippen LogP contribution in [0.25, 0.3) is 0 Å². The number of piperazine rings is 1. The van der Waals surface area contributed by atoms with Gasteiger partial charge in [0.05, 0.1) is 0 Å². The Kier molecular flexibility index (Phi) is 4.08. The van der Waals surface area contributed by atoms with E-state index in [1.165, 1.54) is 48.8 Å². The smallest absolute Gasteiger partial charge is 0.185 e.